The number of nitrogens with one attached hydrogen (secondary N) is 1. The van der Waals surface area contributed by atoms with Crippen molar-refractivity contribution in [3.05, 3.63) is 44.7 Å². The molecule has 0 spiro atoms. The number of benzene rings is 1. The van der Waals surface area contributed by atoms with E-state index in [1.54, 1.807) is 12.3 Å². The predicted molar refractivity (Wildman–Crippen MR) is 76.8 cm³/mol. The first-order valence-electron chi connectivity index (χ1n) is 5.73. The third-order valence-electron chi connectivity index (χ3n) is 2.74. The van der Waals surface area contributed by atoms with Gasteiger partial charge in [0.2, 0.25) is 0 Å². The van der Waals surface area contributed by atoms with E-state index in [1.165, 1.54) is 0 Å². The summed E-state index contributed by atoms with van der Waals surface area (Å²) in [6.45, 7) is 0. The molecule has 0 fully saturated rings. The van der Waals surface area contributed by atoms with Gasteiger partial charge in [0.25, 0.3) is 5.56 Å². The normalized spacial score (nSPS) is 11.3. The lowest BCUT2D eigenvalue weighted by molar-refractivity contribution is -0.137. The molecule has 22 heavy (non-hydrogen) atoms. The van der Waals surface area contributed by atoms with Gasteiger partial charge in [0.15, 0.2) is 5.16 Å². The minimum atomic E-state index is -4.67. The van der Waals surface area contributed by atoms with Crippen LogP contribution in [0.25, 0.3) is 11.3 Å². The first-order chi connectivity index (χ1) is 10.3. The van der Waals surface area contributed by atoms with Crippen molar-refractivity contribution < 1.29 is 13.2 Å². The molecule has 2 rings (SSSR count). The lowest BCUT2D eigenvalue weighted by atomic mass is 10.0. The quantitative estimate of drug-likeness (QED) is 0.665. The minimum absolute atomic E-state index is 0.0414. The van der Waals surface area contributed by atoms with E-state index in [4.69, 9.17) is 16.9 Å². The van der Waals surface area contributed by atoms with Gasteiger partial charge >= 0.3 is 6.18 Å². The van der Waals surface area contributed by atoms with Crippen LogP contribution in [0.4, 0.5) is 13.2 Å². The number of hydrogen-bond acceptors (Lipinski definition) is 4. The topological polar surface area (TPSA) is 69.5 Å². The molecule has 0 amide bonds. The summed E-state index contributed by atoms with van der Waals surface area (Å²) in [7, 11) is 0. The number of hydrogen-bond donors (Lipinski definition) is 1. The smallest absolute Gasteiger partial charge is 0.300 e. The molecule has 0 aliphatic heterocycles. The first-order valence-corrected chi connectivity index (χ1v) is 7.33. The van der Waals surface area contributed by atoms with Gasteiger partial charge in [-0.05, 0) is 24.5 Å². The fourth-order valence-electron chi connectivity index (χ4n) is 1.81. The molecule has 9 heteroatoms. The Morgan fingerprint density at radius 3 is 2.64 bits per heavy atom. The number of alkyl halides is 3. The molecule has 0 radical (unpaired) electrons. The molecule has 1 N–H and O–H groups in total. The van der Waals surface area contributed by atoms with Crippen LogP contribution in [0.2, 0.25) is 5.02 Å². The number of nitrogens with zero attached hydrogens (tertiary/aromatic N) is 2. The van der Waals surface area contributed by atoms with Crippen molar-refractivity contribution in [1.29, 1.82) is 5.26 Å². The molecule has 1 aromatic heterocycles. The molecule has 1 aromatic carbocycles. The number of aromatic amines is 1. The third kappa shape index (κ3) is 3.10. The SMILES string of the molecule is CSc1nc(-c2cc(Cl)ccc2C(F)(F)F)c(C#N)c(=O)[nH]1. The van der Waals surface area contributed by atoms with E-state index in [2.05, 4.69) is 9.97 Å². The van der Waals surface area contributed by atoms with Gasteiger partial charge in [-0.25, -0.2) is 4.98 Å². The largest absolute Gasteiger partial charge is 0.417 e. The third-order valence-corrected chi connectivity index (χ3v) is 3.56. The van der Waals surface area contributed by atoms with Crippen molar-refractivity contribution in [1.82, 2.24) is 9.97 Å². The number of nitriles is 1. The standard InChI is InChI=1S/C13H7ClF3N3OS/c1-22-12-19-10(8(5-18)11(21)20-12)7-4-6(14)2-3-9(7)13(15,16)17/h2-4H,1H3,(H,19,20,21). The summed E-state index contributed by atoms with van der Waals surface area (Å²) in [5.41, 5.74) is -3.06. The fraction of sp³-hybridized carbons (Fsp3) is 0.154. The van der Waals surface area contributed by atoms with Crippen LogP contribution in [0.1, 0.15) is 11.1 Å². The highest BCUT2D eigenvalue weighted by Crippen LogP contribution is 2.38. The van der Waals surface area contributed by atoms with Gasteiger partial charge in [0, 0.05) is 10.6 Å². The molecule has 1 heterocycles. The van der Waals surface area contributed by atoms with E-state index in [-0.39, 0.29) is 15.9 Å². The average Bonchev–Trinajstić information content (AvgIpc) is 2.44. The molecular formula is C13H7ClF3N3OS. The summed E-state index contributed by atoms with van der Waals surface area (Å²) < 4.78 is 39.4. The zero-order chi connectivity index (χ0) is 16.5. The number of halogens is 4. The Morgan fingerprint density at radius 2 is 2.09 bits per heavy atom. The zero-order valence-electron chi connectivity index (χ0n) is 11.0. The summed E-state index contributed by atoms with van der Waals surface area (Å²) in [5, 5.41) is 9.20. The molecule has 0 aliphatic rings. The van der Waals surface area contributed by atoms with Crippen LogP contribution in [-0.4, -0.2) is 16.2 Å². The van der Waals surface area contributed by atoms with Crippen LogP contribution in [0, 0.1) is 11.3 Å². The van der Waals surface area contributed by atoms with Crippen LogP contribution in [0.3, 0.4) is 0 Å². The van der Waals surface area contributed by atoms with Crippen LogP contribution in [0.15, 0.2) is 28.2 Å². The van der Waals surface area contributed by atoms with Crippen molar-refractivity contribution in [2.45, 2.75) is 11.3 Å². The van der Waals surface area contributed by atoms with Crippen LogP contribution in [-0.2, 0) is 6.18 Å². The summed E-state index contributed by atoms with van der Waals surface area (Å²) in [6.07, 6.45) is -3.08. The Bertz CT molecular complexity index is 827. The predicted octanol–water partition coefficient (Wildman–Crippen LogP) is 3.70. The Hall–Kier alpha value is -1.98. The highest BCUT2D eigenvalue weighted by atomic mass is 35.5. The molecule has 0 atom stereocenters. The molecule has 0 aliphatic carbocycles. The van der Waals surface area contributed by atoms with Crippen molar-refractivity contribution in [2.75, 3.05) is 6.26 Å². The fourth-order valence-corrected chi connectivity index (χ4v) is 2.36. The molecule has 2 aromatic rings. The minimum Gasteiger partial charge on any atom is -0.300 e. The van der Waals surface area contributed by atoms with Crippen LogP contribution >= 0.6 is 23.4 Å². The second-order valence-corrected chi connectivity index (χ2v) is 5.33. The number of aromatic nitrogens is 2. The van der Waals surface area contributed by atoms with Crippen molar-refractivity contribution in [3.8, 4) is 17.3 Å². The Labute approximate surface area is 131 Å². The molecule has 0 bridgehead atoms. The maximum absolute atomic E-state index is 13.1. The maximum atomic E-state index is 13.1. The number of H-pyrrole nitrogens is 1. The van der Waals surface area contributed by atoms with E-state index in [1.807, 2.05) is 0 Å². The molecule has 4 nitrogen and oxygen atoms in total. The van der Waals surface area contributed by atoms with Gasteiger partial charge in [-0.2, -0.15) is 18.4 Å². The van der Waals surface area contributed by atoms with Gasteiger partial charge in [-0.3, -0.25) is 4.79 Å². The second-order valence-electron chi connectivity index (χ2n) is 4.10. The molecule has 0 unspecified atom stereocenters. The molecule has 0 saturated carbocycles. The zero-order valence-corrected chi connectivity index (χ0v) is 12.5. The monoisotopic (exact) mass is 345 g/mol. The molecule has 114 valence electrons. The van der Waals surface area contributed by atoms with E-state index in [0.717, 1.165) is 30.0 Å². The Kier molecular flexibility index (Phi) is 4.49. The van der Waals surface area contributed by atoms with Gasteiger partial charge in [0.05, 0.1) is 11.3 Å². The summed E-state index contributed by atoms with van der Waals surface area (Å²) in [4.78, 5) is 18.1. The Morgan fingerprint density at radius 1 is 1.41 bits per heavy atom. The highest BCUT2D eigenvalue weighted by molar-refractivity contribution is 7.98. The first kappa shape index (κ1) is 16.4. The van der Waals surface area contributed by atoms with E-state index in [9.17, 15) is 18.0 Å². The van der Waals surface area contributed by atoms with Crippen molar-refractivity contribution in [3.63, 3.8) is 0 Å². The average molecular weight is 346 g/mol. The van der Waals surface area contributed by atoms with Gasteiger partial charge in [0.1, 0.15) is 11.6 Å². The van der Waals surface area contributed by atoms with Crippen molar-refractivity contribution >= 4 is 23.4 Å². The van der Waals surface area contributed by atoms with Crippen LogP contribution < -0.4 is 5.56 Å². The molecule has 0 saturated heterocycles. The van der Waals surface area contributed by atoms with Gasteiger partial charge < -0.3 is 4.98 Å². The lowest BCUT2D eigenvalue weighted by Gasteiger charge is -2.14. The highest BCUT2D eigenvalue weighted by Gasteiger charge is 2.35. The number of rotatable bonds is 2. The summed E-state index contributed by atoms with van der Waals surface area (Å²) in [5.74, 6) is 0. The molecular weight excluding hydrogens is 339 g/mol. The second kappa shape index (κ2) is 6.02. The summed E-state index contributed by atoms with van der Waals surface area (Å²) in [6, 6.07) is 4.50. The van der Waals surface area contributed by atoms with Gasteiger partial charge in [-0.1, -0.05) is 23.4 Å². The Balaban J connectivity index is 2.88. The van der Waals surface area contributed by atoms with E-state index >= 15 is 0 Å². The number of thioether (sulfide) groups is 1. The van der Waals surface area contributed by atoms with E-state index < -0.39 is 28.4 Å². The van der Waals surface area contributed by atoms with Gasteiger partial charge in [-0.15, -0.1) is 0 Å². The maximum Gasteiger partial charge on any atom is 0.417 e. The van der Waals surface area contributed by atoms with Crippen molar-refractivity contribution in [2.24, 2.45) is 0 Å². The van der Waals surface area contributed by atoms with Crippen LogP contribution in [0.5, 0.6) is 0 Å². The lowest BCUT2D eigenvalue weighted by Crippen LogP contribution is -2.16. The summed E-state index contributed by atoms with van der Waals surface area (Å²) >= 11 is 6.79. The van der Waals surface area contributed by atoms with E-state index in [0.29, 0.717) is 0 Å².